The van der Waals surface area contributed by atoms with Crippen molar-refractivity contribution in [3.63, 3.8) is 0 Å². The lowest BCUT2D eigenvalue weighted by molar-refractivity contribution is -0.380. The van der Waals surface area contributed by atoms with Crippen LogP contribution in [0.3, 0.4) is 0 Å². The van der Waals surface area contributed by atoms with Crippen molar-refractivity contribution in [1.82, 2.24) is 10.3 Å². The predicted molar refractivity (Wildman–Crippen MR) is 73.1 cm³/mol. The van der Waals surface area contributed by atoms with E-state index in [0.29, 0.717) is 17.3 Å². The first-order valence-electron chi connectivity index (χ1n) is 5.79. The number of oxazole rings is 1. The molecule has 0 aliphatic heterocycles. The molecule has 0 amide bonds. The number of nitrogens with zero attached hydrogens (tertiary/aromatic N) is 2. The van der Waals surface area contributed by atoms with Gasteiger partial charge in [0.2, 0.25) is 5.89 Å². The summed E-state index contributed by atoms with van der Waals surface area (Å²) in [6.07, 6.45) is 1.57. The van der Waals surface area contributed by atoms with Crippen LogP contribution in [0.1, 0.15) is 26.5 Å². The maximum absolute atomic E-state index is 10.6. The first-order chi connectivity index (χ1) is 8.85. The number of nitro groups is 1. The van der Waals surface area contributed by atoms with Crippen LogP contribution in [0.4, 0.5) is 5.00 Å². The number of thiophene rings is 1. The van der Waals surface area contributed by atoms with E-state index in [9.17, 15) is 10.1 Å². The van der Waals surface area contributed by atoms with Crippen molar-refractivity contribution in [3.05, 3.63) is 34.2 Å². The second-order valence-corrected chi connectivity index (χ2v) is 6.20. The third-order valence-corrected chi connectivity index (χ3v) is 3.36. The summed E-state index contributed by atoms with van der Waals surface area (Å²) in [7, 11) is 0. The highest BCUT2D eigenvalue weighted by molar-refractivity contribution is 7.18. The third-order valence-electron chi connectivity index (χ3n) is 2.33. The van der Waals surface area contributed by atoms with Crippen molar-refractivity contribution in [1.29, 1.82) is 0 Å². The zero-order valence-corrected chi connectivity index (χ0v) is 11.8. The molecule has 0 saturated heterocycles. The van der Waals surface area contributed by atoms with Crippen molar-refractivity contribution < 1.29 is 9.34 Å². The zero-order chi connectivity index (χ0) is 14.0. The Bertz CT molecular complexity index is 583. The molecule has 19 heavy (non-hydrogen) atoms. The van der Waals surface area contributed by atoms with Gasteiger partial charge in [-0.1, -0.05) is 11.3 Å². The second kappa shape index (κ2) is 5.10. The highest BCUT2D eigenvalue weighted by Gasteiger charge is 2.16. The van der Waals surface area contributed by atoms with Crippen LogP contribution < -0.4 is 5.32 Å². The van der Waals surface area contributed by atoms with Gasteiger partial charge in [0, 0.05) is 18.2 Å². The lowest BCUT2D eigenvalue weighted by Gasteiger charge is -2.19. The summed E-state index contributed by atoms with van der Waals surface area (Å²) in [5, 5.41) is 14.0. The summed E-state index contributed by atoms with van der Waals surface area (Å²) in [6, 6.07) is 3.10. The maximum atomic E-state index is 10.6. The number of nitrogens with one attached hydrogen (secondary N) is 1. The van der Waals surface area contributed by atoms with Crippen LogP contribution in [0.25, 0.3) is 10.8 Å². The van der Waals surface area contributed by atoms with Crippen LogP contribution in [0, 0.1) is 10.1 Å². The van der Waals surface area contributed by atoms with E-state index in [1.165, 1.54) is 6.07 Å². The normalized spacial score (nSPS) is 11.7. The summed E-state index contributed by atoms with van der Waals surface area (Å²) < 4.78 is 5.35. The third kappa shape index (κ3) is 3.62. The SMILES string of the molecule is CC(C)(C)NCc1coc(-c2ccc([N+](=O)[O-])s2)n1. The number of aromatic nitrogens is 1. The van der Waals surface area contributed by atoms with Gasteiger partial charge in [-0.25, -0.2) is 4.98 Å². The van der Waals surface area contributed by atoms with E-state index in [4.69, 9.17) is 4.42 Å². The van der Waals surface area contributed by atoms with Crippen LogP contribution in [0.2, 0.25) is 0 Å². The molecule has 0 unspecified atom stereocenters. The minimum Gasteiger partial charge on any atom is -0.444 e. The first kappa shape index (κ1) is 13.7. The zero-order valence-electron chi connectivity index (χ0n) is 11.0. The molecule has 0 aliphatic carbocycles. The van der Waals surface area contributed by atoms with Gasteiger partial charge >= 0.3 is 5.00 Å². The van der Waals surface area contributed by atoms with Crippen molar-refractivity contribution >= 4 is 16.3 Å². The molecule has 7 heteroatoms. The van der Waals surface area contributed by atoms with Gasteiger partial charge in [-0.15, -0.1) is 0 Å². The Morgan fingerprint density at radius 2 is 2.21 bits per heavy atom. The molecule has 0 aliphatic rings. The standard InChI is InChI=1S/C12H15N3O3S/c1-12(2,3)13-6-8-7-18-11(14-8)9-4-5-10(19-9)15(16)17/h4-5,7,13H,6H2,1-3H3. The van der Waals surface area contributed by atoms with E-state index >= 15 is 0 Å². The molecule has 2 aromatic heterocycles. The van der Waals surface area contributed by atoms with E-state index in [1.807, 2.05) is 0 Å². The van der Waals surface area contributed by atoms with Crippen molar-refractivity contribution in [2.45, 2.75) is 32.9 Å². The van der Waals surface area contributed by atoms with Gasteiger partial charge in [-0.2, -0.15) is 0 Å². The molecule has 1 N–H and O–H groups in total. The van der Waals surface area contributed by atoms with Gasteiger partial charge in [-0.3, -0.25) is 10.1 Å². The van der Waals surface area contributed by atoms with Crippen LogP contribution in [-0.4, -0.2) is 15.4 Å². The average molecular weight is 281 g/mol. The fraction of sp³-hybridized carbons (Fsp3) is 0.417. The summed E-state index contributed by atoms with van der Waals surface area (Å²) >= 11 is 1.06. The van der Waals surface area contributed by atoms with Gasteiger partial charge in [0.25, 0.3) is 0 Å². The van der Waals surface area contributed by atoms with Crippen LogP contribution >= 0.6 is 11.3 Å². The highest BCUT2D eigenvalue weighted by Crippen LogP contribution is 2.31. The molecule has 2 rings (SSSR count). The van der Waals surface area contributed by atoms with Gasteiger partial charge in [0.1, 0.15) is 6.26 Å². The Kier molecular flexibility index (Phi) is 3.68. The van der Waals surface area contributed by atoms with Crippen molar-refractivity contribution in [2.24, 2.45) is 0 Å². The molecule has 2 aromatic rings. The number of hydrogen-bond acceptors (Lipinski definition) is 6. The van der Waals surface area contributed by atoms with Crippen molar-refractivity contribution in [3.8, 4) is 10.8 Å². The number of hydrogen-bond donors (Lipinski definition) is 1. The molecule has 0 radical (unpaired) electrons. The lowest BCUT2D eigenvalue weighted by atomic mass is 10.1. The lowest BCUT2D eigenvalue weighted by Crippen LogP contribution is -2.35. The largest absolute Gasteiger partial charge is 0.444 e. The topological polar surface area (TPSA) is 81.2 Å². The first-order valence-corrected chi connectivity index (χ1v) is 6.61. The fourth-order valence-electron chi connectivity index (χ4n) is 1.40. The van der Waals surface area contributed by atoms with Gasteiger partial charge in [0.05, 0.1) is 15.5 Å². The van der Waals surface area contributed by atoms with E-state index in [0.717, 1.165) is 17.0 Å². The highest BCUT2D eigenvalue weighted by atomic mass is 32.1. The van der Waals surface area contributed by atoms with Crippen molar-refractivity contribution in [2.75, 3.05) is 0 Å². The number of rotatable bonds is 4. The van der Waals surface area contributed by atoms with Gasteiger partial charge in [0.15, 0.2) is 0 Å². The maximum Gasteiger partial charge on any atom is 0.324 e. The van der Waals surface area contributed by atoms with E-state index in [2.05, 4.69) is 31.1 Å². The molecule has 6 nitrogen and oxygen atoms in total. The average Bonchev–Trinajstić information content (AvgIpc) is 2.94. The fourth-order valence-corrected chi connectivity index (χ4v) is 2.15. The summed E-state index contributed by atoms with van der Waals surface area (Å²) in [4.78, 5) is 15.2. The molecule has 0 bridgehead atoms. The molecule has 0 aromatic carbocycles. The Morgan fingerprint density at radius 1 is 1.47 bits per heavy atom. The summed E-state index contributed by atoms with van der Waals surface area (Å²) in [5.74, 6) is 0.420. The Labute approximate surface area is 114 Å². The van der Waals surface area contributed by atoms with Crippen LogP contribution in [0.5, 0.6) is 0 Å². The van der Waals surface area contributed by atoms with E-state index in [-0.39, 0.29) is 10.5 Å². The molecule has 0 saturated carbocycles. The molecule has 2 heterocycles. The van der Waals surface area contributed by atoms with Gasteiger partial charge < -0.3 is 9.73 Å². The molecule has 0 atom stereocenters. The summed E-state index contributed by atoms with van der Waals surface area (Å²) in [6.45, 7) is 6.80. The monoisotopic (exact) mass is 281 g/mol. The molecular formula is C12H15N3O3S. The molecule has 0 spiro atoms. The second-order valence-electron chi connectivity index (χ2n) is 5.14. The minimum absolute atomic E-state index is 0.000825. The molecule has 102 valence electrons. The quantitative estimate of drug-likeness (QED) is 0.687. The Balaban J connectivity index is 2.09. The van der Waals surface area contributed by atoms with Gasteiger partial charge in [-0.05, 0) is 26.8 Å². The minimum atomic E-state index is -0.417. The molecular weight excluding hydrogens is 266 g/mol. The van der Waals surface area contributed by atoms with Crippen LogP contribution in [0.15, 0.2) is 22.8 Å². The Hall–Kier alpha value is -1.73. The Morgan fingerprint density at radius 3 is 2.79 bits per heavy atom. The van der Waals surface area contributed by atoms with E-state index in [1.54, 1.807) is 12.3 Å². The molecule has 0 fully saturated rings. The summed E-state index contributed by atoms with van der Waals surface area (Å²) in [5.41, 5.74) is 0.780. The predicted octanol–water partition coefficient (Wildman–Crippen LogP) is 3.20. The smallest absolute Gasteiger partial charge is 0.324 e. The van der Waals surface area contributed by atoms with Crippen LogP contribution in [-0.2, 0) is 6.54 Å². The van der Waals surface area contributed by atoms with E-state index < -0.39 is 4.92 Å².